The first kappa shape index (κ1) is 17.9. The predicted octanol–water partition coefficient (Wildman–Crippen LogP) is 3.44. The zero-order chi connectivity index (χ0) is 15.9. The van der Waals surface area contributed by atoms with Crippen LogP contribution in [0.15, 0.2) is 29.2 Å². The van der Waals surface area contributed by atoms with E-state index >= 15 is 0 Å². The Bertz CT molecular complexity index is 492. The van der Waals surface area contributed by atoms with Gasteiger partial charge in [-0.25, -0.2) is 0 Å². The van der Waals surface area contributed by atoms with E-state index in [4.69, 9.17) is 16.7 Å². The van der Waals surface area contributed by atoms with Crippen LogP contribution in [0.25, 0.3) is 0 Å². The quantitative estimate of drug-likeness (QED) is 0.717. The van der Waals surface area contributed by atoms with Gasteiger partial charge in [-0.05, 0) is 37.6 Å². The van der Waals surface area contributed by atoms with Crippen LogP contribution in [0, 0.1) is 5.41 Å². The average molecular weight is 330 g/mol. The molecule has 1 aromatic carbocycles. The van der Waals surface area contributed by atoms with Crippen LogP contribution < -0.4 is 5.32 Å². The Kier molecular flexibility index (Phi) is 7.05. The molecule has 0 saturated carbocycles. The Morgan fingerprint density at radius 2 is 1.95 bits per heavy atom. The third-order valence-electron chi connectivity index (χ3n) is 3.38. The van der Waals surface area contributed by atoms with Crippen LogP contribution in [0.1, 0.15) is 26.7 Å². The van der Waals surface area contributed by atoms with Gasteiger partial charge in [-0.15, -0.1) is 11.8 Å². The van der Waals surface area contributed by atoms with Gasteiger partial charge in [0.25, 0.3) is 0 Å². The topological polar surface area (TPSA) is 66.4 Å². The summed E-state index contributed by atoms with van der Waals surface area (Å²) in [6.45, 7) is 3.60. The molecule has 2 N–H and O–H groups in total. The number of carboxylic acids is 1. The Labute approximate surface area is 134 Å². The second kappa shape index (κ2) is 8.29. The third-order valence-corrected chi connectivity index (χ3v) is 4.65. The summed E-state index contributed by atoms with van der Waals surface area (Å²) >= 11 is 7.37. The normalized spacial score (nSPS) is 13.5. The Hall–Kier alpha value is -1.20. The van der Waals surface area contributed by atoms with Crippen molar-refractivity contribution in [1.82, 2.24) is 5.32 Å². The number of amides is 1. The number of nitrogens with one attached hydrogen (secondary N) is 1. The molecule has 0 radical (unpaired) electrons. The molecule has 1 aromatic rings. The first-order valence-electron chi connectivity index (χ1n) is 6.76. The van der Waals surface area contributed by atoms with Gasteiger partial charge in [0.2, 0.25) is 5.91 Å². The van der Waals surface area contributed by atoms with Gasteiger partial charge in [0.05, 0.1) is 5.41 Å². The molecular formula is C15H20ClNO3S. The van der Waals surface area contributed by atoms with E-state index < -0.39 is 11.4 Å². The van der Waals surface area contributed by atoms with Gasteiger partial charge in [-0.1, -0.05) is 18.5 Å². The molecule has 4 nitrogen and oxygen atoms in total. The smallest absolute Gasteiger partial charge is 0.311 e. The molecule has 1 unspecified atom stereocenters. The van der Waals surface area contributed by atoms with E-state index in [1.165, 1.54) is 0 Å². The first-order valence-corrected chi connectivity index (χ1v) is 8.12. The van der Waals surface area contributed by atoms with Gasteiger partial charge in [0.1, 0.15) is 0 Å². The number of hydrogen-bond donors (Lipinski definition) is 2. The number of carboxylic acid groups (broad SMARTS) is 1. The van der Waals surface area contributed by atoms with E-state index in [2.05, 4.69) is 5.32 Å². The summed E-state index contributed by atoms with van der Waals surface area (Å²) in [6, 6.07) is 7.43. The van der Waals surface area contributed by atoms with Gasteiger partial charge < -0.3 is 10.4 Å². The third kappa shape index (κ3) is 5.98. The molecule has 1 amide bonds. The minimum Gasteiger partial charge on any atom is -0.481 e. The van der Waals surface area contributed by atoms with Crippen molar-refractivity contribution in [3.63, 3.8) is 0 Å². The summed E-state index contributed by atoms with van der Waals surface area (Å²) in [7, 11) is 0. The van der Waals surface area contributed by atoms with E-state index in [0.717, 1.165) is 4.90 Å². The molecule has 1 rings (SSSR count). The SMILES string of the molecule is CCC(C)(CNC(=O)CCSc1ccc(Cl)cc1)C(=O)O. The second-order valence-corrected chi connectivity index (χ2v) is 6.65. The molecule has 21 heavy (non-hydrogen) atoms. The van der Waals surface area contributed by atoms with Gasteiger partial charge >= 0.3 is 5.97 Å². The number of halogens is 1. The van der Waals surface area contributed by atoms with E-state index in [9.17, 15) is 9.59 Å². The minimum atomic E-state index is -0.904. The highest BCUT2D eigenvalue weighted by Crippen LogP contribution is 2.22. The summed E-state index contributed by atoms with van der Waals surface area (Å²) in [5, 5.41) is 12.5. The monoisotopic (exact) mass is 329 g/mol. The number of carbonyl (C=O) groups is 2. The highest BCUT2D eigenvalue weighted by atomic mass is 35.5. The fourth-order valence-electron chi connectivity index (χ4n) is 1.53. The highest BCUT2D eigenvalue weighted by Gasteiger charge is 2.31. The molecule has 0 aliphatic heterocycles. The van der Waals surface area contributed by atoms with Crippen molar-refractivity contribution in [2.24, 2.45) is 5.41 Å². The van der Waals surface area contributed by atoms with Crippen molar-refractivity contribution in [2.45, 2.75) is 31.6 Å². The summed E-state index contributed by atoms with van der Waals surface area (Å²) in [5.74, 6) is -0.373. The molecule has 116 valence electrons. The number of benzene rings is 1. The molecule has 0 aliphatic rings. The molecule has 0 spiro atoms. The maximum Gasteiger partial charge on any atom is 0.311 e. The summed E-state index contributed by atoms with van der Waals surface area (Å²) < 4.78 is 0. The van der Waals surface area contributed by atoms with Gasteiger partial charge in [0.15, 0.2) is 0 Å². The highest BCUT2D eigenvalue weighted by molar-refractivity contribution is 7.99. The lowest BCUT2D eigenvalue weighted by Crippen LogP contribution is -2.40. The van der Waals surface area contributed by atoms with Crippen LogP contribution in [0.5, 0.6) is 0 Å². The maximum atomic E-state index is 11.7. The number of rotatable bonds is 8. The lowest BCUT2D eigenvalue weighted by Gasteiger charge is -2.23. The molecule has 0 heterocycles. The second-order valence-electron chi connectivity index (χ2n) is 5.05. The van der Waals surface area contributed by atoms with E-state index in [0.29, 0.717) is 23.6 Å². The zero-order valence-corrected chi connectivity index (χ0v) is 13.8. The van der Waals surface area contributed by atoms with Gasteiger partial charge in [0, 0.05) is 28.6 Å². The lowest BCUT2D eigenvalue weighted by molar-refractivity contribution is -0.148. The number of thioether (sulfide) groups is 1. The Morgan fingerprint density at radius 3 is 2.48 bits per heavy atom. The van der Waals surface area contributed by atoms with Crippen molar-refractivity contribution >= 4 is 35.2 Å². The summed E-state index contributed by atoms with van der Waals surface area (Å²) in [6.07, 6.45) is 0.828. The summed E-state index contributed by atoms with van der Waals surface area (Å²) in [4.78, 5) is 23.9. The molecule has 0 saturated heterocycles. The minimum absolute atomic E-state index is 0.127. The largest absolute Gasteiger partial charge is 0.481 e. The van der Waals surface area contributed by atoms with E-state index in [1.54, 1.807) is 25.6 Å². The fraction of sp³-hybridized carbons (Fsp3) is 0.467. The fourth-order valence-corrected chi connectivity index (χ4v) is 2.50. The standard InChI is InChI=1S/C15H20ClNO3S/c1-3-15(2,14(19)20)10-17-13(18)8-9-21-12-6-4-11(16)5-7-12/h4-7H,3,8-10H2,1-2H3,(H,17,18)(H,19,20). The zero-order valence-electron chi connectivity index (χ0n) is 12.2. The number of aliphatic carboxylic acids is 1. The molecule has 1 atom stereocenters. The Balaban J connectivity index is 2.31. The van der Waals surface area contributed by atoms with Crippen molar-refractivity contribution in [1.29, 1.82) is 0 Å². The predicted molar refractivity (Wildman–Crippen MR) is 85.8 cm³/mol. The first-order chi connectivity index (χ1) is 9.87. The van der Waals surface area contributed by atoms with Gasteiger partial charge in [-0.2, -0.15) is 0 Å². The molecular weight excluding hydrogens is 310 g/mol. The molecule has 6 heteroatoms. The van der Waals surface area contributed by atoms with Crippen LogP contribution in [0.2, 0.25) is 5.02 Å². The Morgan fingerprint density at radius 1 is 1.33 bits per heavy atom. The average Bonchev–Trinajstić information content (AvgIpc) is 2.46. The number of hydrogen-bond acceptors (Lipinski definition) is 3. The lowest BCUT2D eigenvalue weighted by atomic mass is 9.88. The molecule has 0 fully saturated rings. The van der Waals surface area contributed by atoms with Crippen molar-refractivity contribution in [3.8, 4) is 0 Å². The van der Waals surface area contributed by atoms with Crippen LogP contribution >= 0.6 is 23.4 Å². The van der Waals surface area contributed by atoms with E-state index in [1.807, 2.05) is 24.3 Å². The van der Waals surface area contributed by atoms with Crippen LogP contribution in [-0.2, 0) is 9.59 Å². The maximum absolute atomic E-state index is 11.7. The number of carbonyl (C=O) groups excluding carboxylic acids is 1. The van der Waals surface area contributed by atoms with Crippen molar-refractivity contribution in [3.05, 3.63) is 29.3 Å². The van der Waals surface area contributed by atoms with Gasteiger partial charge in [-0.3, -0.25) is 9.59 Å². The van der Waals surface area contributed by atoms with Crippen LogP contribution in [0.4, 0.5) is 0 Å². The van der Waals surface area contributed by atoms with E-state index in [-0.39, 0.29) is 12.5 Å². The van der Waals surface area contributed by atoms with Crippen molar-refractivity contribution in [2.75, 3.05) is 12.3 Å². The molecule has 0 aromatic heterocycles. The molecule has 0 aliphatic carbocycles. The summed E-state index contributed by atoms with van der Waals surface area (Å²) in [5.41, 5.74) is -0.904. The van der Waals surface area contributed by atoms with Crippen LogP contribution in [-0.4, -0.2) is 29.3 Å². The van der Waals surface area contributed by atoms with Crippen molar-refractivity contribution < 1.29 is 14.7 Å². The molecule has 0 bridgehead atoms. The van der Waals surface area contributed by atoms with Crippen LogP contribution in [0.3, 0.4) is 0 Å².